The van der Waals surface area contributed by atoms with Crippen molar-refractivity contribution in [1.29, 1.82) is 0 Å². The zero-order valence-electron chi connectivity index (χ0n) is 31.0. The molecule has 0 radical (unpaired) electrons. The maximum absolute atomic E-state index is 12.1. The Hall–Kier alpha value is -3.16. The third-order valence-electron chi connectivity index (χ3n) is 8.34. The van der Waals surface area contributed by atoms with Gasteiger partial charge in [-0.25, -0.2) is 4.79 Å². The molecule has 0 aromatic heterocycles. The third kappa shape index (κ3) is 34.5. The second-order valence-electron chi connectivity index (χ2n) is 13.2. The summed E-state index contributed by atoms with van der Waals surface area (Å²) < 4.78 is 5.59. The van der Waals surface area contributed by atoms with Crippen molar-refractivity contribution in [2.75, 3.05) is 0 Å². The Balaban J connectivity index is 3.61. The summed E-state index contributed by atoms with van der Waals surface area (Å²) in [7, 11) is 0. The average Bonchev–Trinajstić information content (AvgIpc) is 3.06. The number of carboxylic acid groups (broad SMARTS) is 1. The number of primary amides is 1. The molecule has 0 rings (SSSR count). The summed E-state index contributed by atoms with van der Waals surface area (Å²) in [5, 5.41) is 11.6. The van der Waals surface area contributed by atoms with Crippen LogP contribution in [0.15, 0.2) is 48.6 Å². The van der Waals surface area contributed by atoms with E-state index >= 15 is 0 Å². The minimum atomic E-state index is -1.15. The highest BCUT2D eigenvalue weighted by Gasteiger charge is 2.20. The molecule has 0 heterocycles. The molecule has 280 valence electrons. The minimum Gasteiger partial charge on any atom is -0.480 e. The van der Waals surface area contributed by atoms with Crippen molar-refractivity contribution in [3.05, 3.63) is 48.6 Å². The minimum absolute atomic E-state index is 0.00921. The summed E-state index contributed by atoms with van der Waals surface area (Å²) in [5.74, 6) is -2.10. The molecule has 0 saturated carbocycles. The zero-order valence-corrected chi connectivity index (χ0v) is 31.0. The number of amides is 2. The van der Waals surface area contributed by atoms with Gasteiger partial charge in [0.1, 0.15) is 6.04 Å². The number of carboxylic acids is 1. The van der Waals surface area contributed by atoms with Gasteiger partial charge in [-0.1, -0.05) is 107 Å². The molecule has 0 spiro atoms. The molecule has 0 fully saturated rings. The van der Waals surface area contributed by atoms with E-state index in [1.165, 1.54) is 44.9 Å². The van der Waals surface area contributed by atoms with Gasteiger partial charge >= 0.3 is 11.9 Å². The lowest BCUT2D eigenvalue weighted by atomic mass is 10.1. The molecule has 0 bridgehead atoms. The van der Waals surface area contributed by atoms with Crippen molar-refractivity contribution in [3.63, 3.8) is 0 Å². The second kappa shape index (κ2) is 34.7. The smallest absolute Gasteiger partial charge is 0.326 e. The molecule has 4 N–H and O–H groups in total. The van der Waals surface area contributed by atoms with Gasteiger partial charge in [-0.05, 0) is 96.8 Å². The first-order chi connectivity index (χ1) is 23.8. The molecule has 0 saturated heterocycles. The second-order valence-corrected chi connectivity index (χ2v) is 13.2. The molecule has 8 heteroatoms. The van der Waals surface area contributed by atoms with E-state index in [-0.39, 0.29) is 37.2 Å². The Labute approximate surface area is 298 Å². The Morgan fingerprint density at radius 3 is 1.59 bits per heavy atom. The number of esters is 1. The molecular weight excluding hydrogens is 616 g/mol. The van der Waals surface area contributed by atoms with E-state index < -0.39 is 17.9 Å². The fraction of sp³-hybridized carbons (Fsp3) is 0.707. The number of ether oxygens (including phenoxy) is 1. The molecule has 8 nitrogen and oxygen atoms in total. The summed E-state index contributed by atoms with van der Waals surface area (Å²) in [6.07, 6.45) is 41.3. The fourth-order valence-corrected chi connectivity index (χ4v) is 5.34. The van der Waals surface area contributed by atoms with E-state index in [0.717, 1.165) is 83.5 Å². The summed E-state index contributed by atoms with van der Waals surface area (Å²) in [6.45, 7) is 4.23. The van der Waals surface area contributed by atoms with Gasteiger partial charge < -0.3 is 20.9 Å². The lowest BCUT2D eigenvalue weighted by Crippen LogP contribution is -2.41. The molecule has 2 atom stereocenters. The van der Waals surface area contributed by atoms with Gasteiger partial charge in [0.15, 0.2) is 0 Å². The van der Waals surface area contributed by atoms with E-state index in [9.17, 15) is 19.2 Å². The molecule has 0 aromatic rings. The highest BCUT2D eigenvalue weighted by atomic mass is 16.5. The van der Waals surface area contributed by atoms with E-state index in [2.05, 4.69) is 60.8 Å². The summed E-state index contributed by atoms with van der Waals surface area (Å²) >= 11 is 0. The zero-order chi connectivity index (χ0) is 36.2. The van der Waals surface area contributed by atoms with Gasteiger partial charge in [-0.3, -0.25) is 14.4 Å². The molecule has 0 aromatic carbocycles. The molecule has 49 heavy (non-hydrogen) atoms. The number of allylic oxidation sites excluding steroid dienone is 8. The third-order valence-corrected chi connectivity index (χ3v) is 8.34. The number of carbonyl (C=O) groups excluding carboxylic acids is 3. The lowest BCUT2D eigenvalue weighted by Gasteiger charge is -2.13. The lowest BCUT2D eigenvalue weighted by molar-refractivity contribution is -0.148. The molecular formula is C41H70N2O6. The summed E-state index contributed by atoms with van der Waals surface area (Å²) in [5.41, 5.74) is 5.06. The number of rotatable bonds is 34. The highest BCUT2D eigenvalue weighted by Crippen LogP contribution is 2.12. The van der Waals surface area contributed by atoms with Crippen LogP contribution in [0.3, 0.4) is 0 Å². The molecule has 0 unspecified atom stereocenters. The van der Waals surface area contributed by atoms with Gasteiger partial charge in [-0.15, -0.1) is 0 Å². The average molecular weight is 687 g/mol. The number of hydrogen-bond donors (Lipinski definition) is 3. The van der Waals surface area contributed by atoms with Gasteiger partial charge in [0.05, 0.1) is 6.10 Å². The van der Waals surface area contributed by atoms with Crippen molar-refractivity contribution in [2.45, 2.75) is 187 Å². The maximum atomic E-state index is 12.1. The van der Waals surface area contributed by atoms with Crippen molar-refractivity contribution in [2.24, 2.45) is 5.73 Å². The van der Waals surface area contributed by atoms with Crippen molar-refractivity contribution >= 4 is 23.8 Å². The first-order valence-electron chi connectivity index (χ1n) is 19.4. The van der Waals surface area contributed by atoms with Crippen LogP contribution in [0.1, 0.15) is 174 Å². The van der Waals surface area contributed by atoms with Crippen LogP contribution in [0.25, 0.3) is 0 Å². The van der Waals surface area contributed by atoms with Crippen LogP contribution in [0.5, 0.6) is 0 Å². The Morgan fingerprint density at radius 2 is 1.08 bits per heavy atom. The monoisotopic (exact) mass is 687 g/mol. The molecule has 2 amide bonds. The summed E-state index contributed by atoms with van der Waals surface area (Å²) in [4.78, 5) is 46.2. The highest BCUT2D eigenvalue weighted by molar-refractivity contribution is 5.84. The van der Waals surface area contributed by atoms with E-state index in [4.69, 9.17) is 15.6 Å². The number of nitrogens with two attached hydrogens (primary N) is 1. The van der Waals surface area contributed by atoms with Crippen LogP contribution in [0, 0.1) is 0 Å². The number of unbranched alkanes of at least 4 members (excludes halogenated alkanes) is 14. The number of nitrogens with one attached hydrogen (secondary N) is 1. The van der Waals surface area contributed by atoms with Crippen LogP contribution in [-0.2, 0) is 23.9 Å². The van der Waals surface area contributed by atoms with E-state index in [0.29, 0.717) is 12.8 Å². The van der Waals surface area contributed by atoms with Crippen LogP contribution in [0.2, 0.25) is 0 Å². The Kier molecular flexibility index (Phi) is 32.5. The normalized spacial score (nSPS) is 13.1. The number of aliphatic carboxylic acids is 1. The van der Waals surface area contributed by atoms with E-state index in [1.807, 2.05) is 6.92 Å². The standard InChI is InChI=1S/C41H70N2O6/c1-3-4-5-6-7-8-9-10-11-15-18-21-24-27-30-33-40(46)49-36(2)31-28-25-22-19-16-13-12-14-17-20-23-26-29-32-39(45)43-37(41(47)48)34-35-38(42)44/h7-8,10-13,19,22,36-37H,3-6,9,14-18,20-21,23-35H2,1-2H3,(H2,42,44)(H,43,45)(H,47,48)/b8-7-,11-10-,13-12-,22-19-/t36-,37+/m1/s1. The maximum Gasteiger partial charge on any atom is 0.326 e. The first-order valence-corrected chi connectivity index (χ1v) is 19.4. The van der Waals surface area contributed by atoms with Gasteiger partial charge in [0.25, 0.3) is 0 Å². The predicted molar refractivity (Wildman–Crippen MR) is 202 cm³/mol. The molecule has 0 aliphatic carbocycles. The first kappa shape index (κ1) is 45.8. The molecule has 0 aliphatic rings. The van der Waals surface area contributed by atoms with Gasteiger partial charge in [0, 0.05) is 19.3 Å². The molecule has 0 aliphatic heterocycles. The number of hydrogen-bond acceptors (Lipinski definition) is 5. The van der Waals surface area contributed by atoms with Crippen molar-refractivity contribution in [1.82, 2.24) is 5.32 Å². The van der Waals surface area contributed by atoms with Crippen LogP contribution < -0.4 is 11.1 Å². The van der Waals surface area contributed by atoms with Crippen LogP contribution in [0.4, 0.5) is 0 Å². The van der Waals surface area contributed by atoms with Crippen LogP contribution >= 0.6 is 0 Å². The largest absolute Gasteiger partial charge is 0.480 e. The predicted octanol–water partition coefficient (Wildman–Crippen LogP) is 9.97. The number of carbonyl (C=O) groups is 4. The van der Waals surface area contributed by atoms with Gasteiger partial charge in [-0.2, -0.15) is 0 Å². The van der Waals surface area contributed by atoms with Crippen molar-refractivity contribution in [3.8, 4) is 0 Å². The summed E-state index contributed by atoms with van der Waals surface area (Å²) in [6, 6.07) is -1.07. The SMILES string of the molecule is CCCCC/C=C\C/C=C\CCCCCCCC(=O)O[C@H](C)CCC/C=C\C/C=C\CCCCCCCC(=O)N[C@@H](CCC(N)=O)C(=O)O. The quantitative estimate of drug-likeness (QED) is 0.0350. The van der Waals surface area contributed by atoms with E-state index in [1.54, 1.807) is 0 Å². The Bertz CT molecular complexity index is 971. The van der Waals surface area contributed by atoms with Gasteiger partial charge in [0.2, 0.25) is 11.8 Å². The van der Waals surface area contributed by atoms with Crippen molar-refractivity contribution < 1.29 is 29.0 Å². The fourth-order valence-electron chi connectivity index (χ4n) is 5.34. The van der Waals surface area contributed by atoms with Crippen LogP contribution in [-0.4, -0.2) is 41.0 Å². The topological polar surface area (TPSA) is 136 Å². The Morgan fingerprint density at radius 1 is 0.612 bits per heavy atom.